The number of aromatic nitrogens is 2. The number of benzene rings is 1. The molecule has 29 heavy (non-hydrogen) atoms. The zero-order chi connectivity index (χ0) is 21.0. The van der Waals surface area contributed by atoms with Crippen molar-refractivity contribution < 1.29 is 9.53 Å². The van der Waals surface area contributed by atoms with Gasteiger partial charge in [-0.15, -0.1) is 21.5 Å². The van der Waals surface area contributed by atoms with Crippen LogP contribution in [0.5, 0.6) is 0 Å². The van der Waals surface area contributed by atoms with Crippen LogP contribution in [0.3, 0.4) is 0 Å². The SMILES string of the molecule is CCOC(=O)c1sc(N)c(C#N)c1CSc1nnc(Nc2ccc(C)c(C)c2)s1. The van der Waals surface area contributed by atoms with Crippen LogP contribution in [-0.2, 0) is 10.5 Å². The molecule has 0 unspecified atom stereocenters. The van der Waals surface area contributed by atoms with Crippen LogP contribution in [0, 0.1) is 25.2 Å². The van der Waals surface area contributed by atoms with E-state index < -0.39 is 5.97 Å². The second-order valence-corrected chi connectivity index (χ2v) is 9.32. The number of nitrogens with zero attached hydrogens (tertiary/aromatic N) is 3. The minimum Gasteiger partial charge on any atom is -0.462 e. The Bertz CT molecular complexity index is 1080. The van der Waals surface area contributed by atoms with E-state index in [0.717, 1.165) is 21.4 Å². The summed E-state index contributed by atoms with van der Waals surface area (Å²) in [5.74, 6) is -0.0844. The van der Waals surface area contributed by atoms with Crippen molar-refractivity contribution in [2.75, 3.05) is 17.7 Å². The first-order valence-electron chi connectivity index (χ1n) is 8.71. The molecule has 0 aliphatic heterocycles. The minimum atomic E-state index is -0.462. The van der Waals surface area contributed by atoms with E-state index >= 15 is 0 Å². The Morgan fingerprint density at radius 2 is 2.10 bits per heavy atom. The Morgan fingerprint density at radius 3 is 2.79 bits per heavy atom. The molecule has 3 N–H and O–H groups in total. The number of carbonyl (C=O) groups excluding carboxylic acids is 1. The lowest BCUT2D eigenvalue weighted by molar-refractivity contribution is 0.0531. The number of aryl methyl sites for hydroxylation is 2. The summed E-state index contributed by atoms with van der Waals surface area (Å²) in [4.78, 5) is 12.6. The van der Waals surface area contributed by atoms with Gasteiger partial charge in [-0.25, -0.2) is 4.79 Å². The number of ether oxygens (including phenoxy) is 1. The average Bonchev–Trinajstić information content (AvgIpc) is 3.26. The first kappa shape index (κ1) is 21.1. The van der Waals surface area contributed by atoms with Crippen LogP contribution >= 0.6 is 34.4 Å². The van der Waals surface area contributed by atoms with Crippen molar-refractivity contribution in [1.29, 1.82) is 5.26 Å². The highest BCUT2D eigenvalue weighted by Gasteiger charge is 2.23. The first-order chi connectivity index (χ1) is 13.9. The number of hydrogen-bond acceptors (Lipinski definition) is 10. The van der Waals surface area contributed by atoms with Crippen molar-refractivity contribution in [2.45, 2.75) is 30.9 Å². The quantitative estimate of drug-likeness (QED) is 0.390. The van der Waals surface area contributed by atoms with Crippen LogP contribution < -0.4 is 11.1 Å². The molecule has 3 rings (SSSR count). The maximum Gasteiger partial charge on any atom is 0.348 e. The maximum atomic E-state index is 12.2. The highest BCUT2D eigenvalue weighted by molar-refractivity contribution is 8.00. The maximum absolute atomic E-state index is 12.2. The fraction of sp³-hybridized carbons (Fsp3) is 0.263. The van der Waals surface area contributed by atoms with Crippen LogP contribution in [0.4, 0.5) is 15.8 Å². The molecule has 0 aliphatic rings. The molecule has 0 radical (unpaired) electrons. The zero-order valence-electron chi connectivity index (χ0n) is 16.1. The molecular formula is C19H19N5O2S3. The molecule has 2 aromatic heterocycles. The van der Waals surface area contributed by atoms with E-state index in [1.165, 1.54) is 34.2 Å². The molecule has 0 saturated carbocycles. The third-order valence-corrected chi connectivity index (χ3v) is 7.15. The standard InChI is InChI=1S/C19H19N5O2S3/c1-4-26-17(25)15-14(13(8-20)16(21)28-15)9-27-19-24-23-18(29-19)22-12-6-5-10(2)11(3)7-12/h5-7H,4,9,21H2,1-3H3,(H,22,23). The van der Waals surface area contributed by atoms with Gasteiger partial charge in [0.2, 0.25) is 5.13 Å². The molecule has 7 nitrogen and oxygen atoms in total. The zero-order valence-corrected chi connectivity index (χ0v) is 18.6. The van der Waals surface area contributed by atoms with Gasteiger partial charge in [0.25, 0.3) is 0 Å². The third kappa shape index (κ3) is 4.87. The van der Waals surface area contributed by atoms with Gasteiger partial charge in [-0.1, -0.05) is 29.2 Å². The molecule has 0 atom stereocenters. The van der Waals surface area contributed by atoms with Gasteiger partial charge in [0.15, 0.2) is 4.34 Å². The second-order valence-electron chi connectivity index (χ2n) is 6.07. The lowest BCUT2D eigenvalue weighted by Gasteiger charge is -2.05. The molecule has 0 saturated heterocycles. The van der Waals surface area contributed by atoms with E-state index in [-0.39, 0.29) is 6.61 Å². The van der Waals surface area contributed by atoms with Crippen LogP contribution in [0.15, 0.2) is 22.5 Å². The van der Waals surface area contributed by atoms with Gasteiger partial charge in [-0.05, 0) is 44.0 Å². The Labute approximate surface area is 180 Å². The smallest absolute Gasteiger partial charge is 0.348 e. The van der Waals surface area contributed by atoms with Crippen molar-refractivity contribution in [3.63, 3.8) is 0 Å². The summed E-state index contributed by atoms with van der Waals surface area (Å²) >= 11 is 3.89. The minimum absolute atomic E-state index is 0.259. The Hall–Kier alpha value is -2.61. The van der Waals surface area contributed by atoms with Crippen molar-refractivity contribution in [3.8, 4) is 6.07 Å². The van der Waals surface area contributed by atoms with Crippen molar-refractivity contribution >= 4 is 56.2 Å². The van der Waals surface area contributed by atoms with Crippen molar-refractivity contribution in [1.82, 2.24) is 10.2 Å². The number of hydrogen-bond donors (Lipinski definition) is 2. The number of nitrogens with two attached hydrogens (primary N) is 1. The molecule has 3 aromatic rings. The summed E-state index contributed by atoms with van der Waals surface area (Å²) < 4.78 is 5.81. The molecule has 150 valence electrons. The summed E-state index contributed by atoms with van der Waals surface area (Å²) in [5, 5.41) is 22.0. The fourth-order valence-electron chi connectivity index (χ4n) is 2.50. The highest BCUT2D eigenvalue weighted by atomic mass is 32.2. The molecule has 1 aromatic carbocycles. The Morgan fingerprint density at radius 1 is 1.31 bits per heavy atom. The van der Waals surface area contributed by atoms with Gasteiger partial charge in [0.1, 0.15) is 15.9 Å². The number of thioether (sulfide) groups is 1. The number of nitriles is 1. The predicted octanol–water partition coefficient (Wildman–Crippen LogP) is 4.88. The molecule has 2 heterocycles. The van der Waals surface area contributed by atoms with Crippen molar-refractivity contribution in [3.05, 3.63) is 45.3 Å². The molecule has 0 bridgehead atoms. The van der Waals surface area contributed by atoms with E-state index in [1.807, 2.05) is 6.07 Å². The number of nitrogens with one attached hydrogen (secondary N) is 1. The van der Waals surface area contributed by atoms with Crippen LogP contribution in [0.1, 0.15) is 38.8 Å². The monoisotopic (exact) mass is 445 g/mol. The largest absolute Gasteiger partial charge is 0.462 e. The lowest BCUT2D eigenvalue weighted by atomic mass is 10.1. The number of nitrogen functional groups attached to an aromatic ring is 1. The number of esters is 1. The van der Waals surface area contributed by atoms with Gasteiger partial charge in [-0.3, -0.25) is 0 Å². The number of carbonyl (C=O) groups is 1. The fourth-order valence-corrected chi connectivity index (χ4v) is 5.33. The third-order valence-electron chi connectivity index (χ3n) is 4.11. The second kappa shape index (κ2) is 9.26. The normalized spacial score (nSPS) is 10.6. The molecule has 0 spiro atoms. The van der Waals surface area contributed by atoms with Gasteiger partial charge < -0.3 is 15.8 Å². The van der Waals surface area contributed by atoms with Gasteiger partial charge in [0.05, 0.1) is 12.2 Å². The van der Waals surface area contributed by atoms with E-state index in [4.69, 9.17) is 10.5 Å². The number of anilines is 3. The molecular weight excluding hydrogens is 426 g/mol. The Kier molecular flexibility index (Phi) is 6.74. The molecule has 0 fully saturated rings. The van der Waals surface area contributed by atoms with E-state index in [1.54, 1.807) is 6.92 Å². The lowest BCUT2D eigenvalue weighted by Crippen LogP contribution is -2.05. The predicted molar refractivity (Wildman–Crippen MR) is 118 cm³/mol. The van der Waals surface area contributed by atoms with E-state index in [2.05, 4.69) is 47.6 Å². The molecule has 10 heteroatoms. The van der Waals surface area contributed by atoms with E-state index in [0.29, 0.717) is 31.9 Å². The molecule has 0 amide bonds. The number of rotatable bonds is 7. The summed E-state index contributed by atoms with van der Waals surface area (Å²) in [5.41, 5.74) is 10.2. The van der Waals surface area contributed by atoms with Gasteiger partial charge >= 0.3 is 5.97 Å². The molecule has 0 aliphatic carbocycles. The topological polar surface area (TPSA) is 114 Å². The summed E-state index contributed by atoms with van der Waals surface area (Å²) in [6, 6.07) is 8.19. The number of thiophene rings is 1. The van der Waals surface area contributed by atoms with Crippen LogP contribution in [-0.4, -0.2) is 22.8 Å². The Balaban J connectivity index is 1.73. The van der Waals surface area contributed by atoms with E-state index in [9.17, 15) is 10.1 Å². The van der Waals surface area contributed by atoms with Gasteiger partial charge in [-0.2, -0.15) is 5.26 Å². The van der Waals surface area contributed by atoms with Crippen LogP contribution in [0.2, 0.25) is 0 Å². The summed E-state index contributed by atoms with van der Waals surface area (Å²) in [7, 11) is 0. The summed E-state index contributed by atoms with van der Waals surface area (Å²) in [6.45, 7) is 6.12. The van der Waals surface area contributed by atoms with Gasteiger partial charge in [0, 0.05) is 17.0 Å². The van der Waals surface area contributed by atoms with Crippen molar-refractivity contribution in [2.24, 2.45) is 0 Å². The average molecular weight is 446 g/mol. The van der Waals surface area contributed by atoms with Crippen LogP contribution in [0.25, 0.3) is 0 Å². The summed E-state index contributed by atoms with van der Waals surface area (Å²) in [6.07, 6.45) is 0. The highest BCUT2D eigenvalue weighted by Crippen LogP contribution is 2.37. The first-order valence-corrected chi connectivity index (χ1v) is 11.3.